The van der Waals surface area contributed by atoms with Crippen molar-refractivity contribution in [3.8, 4) is 5.75 Å². The lowest BCUT2D eigenvalue weighted by Gasteiger charge is -2.29. The van der Waals surface area contributed by atoms with Gasteiger partial charge >= 0.3 is 0 Å². The Morgan fingerprint density at radius 3 is 2.76 bits per heavy atom. The standard InChI is InChI=1S/C14H20N2O4S/c1-9-4-3-7-15-13(9)14(18)16-11-8-10(21(2,19)20)5-6-12(11)17/h5-6,8-9,13,15,17H,3-4,7H2,1-2H3,(H,16,18). The fourth-order valence-corrected chi connectivity index (χ4v) is 3.10. The zero-order chi connectivity index (χ0) is 15.6. The van der Waals surface area contributed by atoms with Crippen LogP contribution in [-0.2, 0) is 14.6 Å². The van der Waals surface area contributed by atoms with Gasteiger partial charge in [0, 0.05) is 6.26 Å². The maximum Gasteiger partial charge on any atom is 0.241 e. The van der Waals surface area contributed by atoms with Crippen molar-refractivity contribution >= 4 is 21.4 Å². The molecule has 1 saturated heterocycles. The molecule has 21 heavy (non-hydrogen) atoms. The molecule has 0 radical (unpaired) electrons. The van der Waals surface area contributed by atoms with Gasteiger partial charge in [-0.25, -0.2) is 8.42 Å². The van der Waals surface area contributed by atoms with Crippen LogP contribution in [0.25, 0.3) is 0 Å². The Hall–Kier alpha value is -1.60. The maximum absolute atomic E-state index is 12.3. The topological polar surface area (TPSA) is 95.5 Å². The molecule has 0 aromatic heterocycles. The molecule has 3 N–H and O–H groups in total. The summed E-state index contributed by atoms with van der Waals surface area (Å²) in [7, 11) is -3.39. The van der Waals surface area contributed by atoms with Crippen molar-refractivity contribution in [3.05, 3.63) is 18.2 Å². The Bertz CT molecular complexity index is 642. The first kappa shape index (κ1) is 15.8. The Morgan fingerprint density at radius 1 is 1.43 bits per heavy atom. The molecular formula is C14H20N2O4S. The lowest BCUT2D eigenvalue weighted by Crippen LogP contribution is -2.48. The van der Waals surface area contributed by atoms with Gasteiger partial charge in [-0.2, -0.15) is 0 Å². The molecule has 0 saturated carbocycles. The molecule has 2 rings (SSSR count). The number of carbonyl (C=O) groups is 1. The van der Waals surface area contributed by atoms with Gasteiger partial charge in [-0.1, -0.05) is 6.92 Å². The third-order valence-electron chi connectivity index (χ3n) is 3.71. The maximum atomic E-state index is 12.3. The lowest BCUT2D eigenvalue weighted by molar-refractivity contribution is -0.119. The number of carbonyl (C=O) groups excluding carboxylic acids is 1. The van der Waals surface area contributed by atoms with E-state index in [2.05, 4.69) is 10.6 Å². The quantitative estimate of drug-likeness (QED) is 0.727. The molecule has 1 aliphatic rings. The highest BCUT2D eigenvalue weighted by Gasteiger charge is 2.28. The van der Waals surface area contributed by atoms with Crippen LogP contribution in [-0.4, -0.2) is 38.3 Å². The Balaban J connectivity index is 2.20. The fraction of sp³-hybridized carbons (Fsp3) is 0.500. The molecule has 7 heteroatoms. The lowest BCUT2D eigenvalue weighted by atomic mass is 9.92. The van der Waals surface area contributed by atoms with Gasteiger partial charge in [-0.15, -0.1) is 0 Å². The summed E-state index contributed by atoms with van der Waals surface area (Å²) in [6, 6.07) is 3.52. The number of amides is 1. The van der Waals surface area contributed by atoms with Crippen molar-refractivity contribution in [3.63, 3.8) is 0 Å². The van der Waals surface area contributed by atoms with Crippen LogP contribution in [0.1, 0.15) is 19.8 Å². The monoisotopic (exact) mass is 312 g/mol. The number of piperidine rings is 1. The molecule has 2 atom stereocenters. The molecule has 0 spiro atoms. The third kappa shape index (κ3) is 3.74. The second kappa shape index (κ2) is 6.03. The first-order valence-electron chi connectivity index (χ1n) is 6.86. The van der Waals surface area contributed by atoms with Gasteiger partial charge < -0.3 is 15.7 Å². The van der Waals surface area contributed by atoms with E-state index in [1.807, 2.05) is 6.92 Å². The van der Waals surface area contributed by atoms with Crippen LogP contribution in [0.5, 0.6) is 5.75 Å². The van der Waals surface area contributed by atoms with Gasteiger partial charge in [0.15, 0.2) is 9.84 Å². The minimum absolute atomic E-state index is 0.0558. The predicted octanol–water partition coefficient (Wildman–Crippen LogP) is 1.12. The van der Waals surface area contributed by atoms with E-state index in [9.17, 15) is 18.3 Å². The van der Waals surface area contributed by atoms with E-state index in [-0.39, 0.29) is 34.2 Å². The number of benzene rings is 1. The van der Waals surface area contributed by atoms with Gasteiger partial charge in [-0.05, 0) is 43.5 Å². The number of hydrogen-bond acceptors (Lipinski definition) is 5. The summed E-state index contributed by atoms with van der Waals surface area (Å²) in [4.78, 5) is 12.3. The highest BCUT2D eigenvalue weighted by atomic mass is 32.2. The van der Waals surface area contributed by atoms with Crippen LogP contribution in [0.3, 0.4) is 0 Å². The Kier molecular flexibility index (Phi) is 4.53. The number of nitrogens with one attached hydrogen (secondary N) is 2. The zero-order valence-corrected chi connectivity index (χ0v) is 12.9. The summed E-state index contributed by atoms with van der Waals surface area (Å²) < 4.78 is 23.1. The smallest absolute Gasteiger partial charge is 0.241 e. The van der Waals surface area contributed by atoms with E-state index in [0.29, 0.717) is 0 Å². The molecule has 1 aromatic carbocycles. The van der Waals surface area contributed by atoms with Crippen LogP contribution < -0.4 is 10.6 Å². The summed E-state index contributed by atoms with van der Waals surface area (Å²) in [6.45, 7) is 2.76. The van der Waals surface area contributed by atoms with Crippen LogP contribution >= 0.6 is 0 Å². The van der Waals surface area contributed by atoms with E-state index < -0.39 is 9.84 Å². The average molecular weight is 312 g/mol. The van der Waals surface area contributed by atoms with Crippen molar-refractivity contribution in [2.24, 2.45) is 5.92 Å². The fourth-order valence-electron chi connectivity index (χ4n) is 2.46. The first-order chi connectivity index (χ1) is 9.79. The van der Waals surface area contributed by atoms with E-state index in [0.717, 1.165) is 25.6 Å². The largest absolute Gasteiger partial charge is 0.506 e. The van der Waals surface area contributed by atoms with Gasteiger partial charge in [0.2, 0.25) is 5.91 Å². The summed E-state index contributed by atoms with van der Waals surface area (Å²) in [5.41, 5.74) is 0.113. The normalized spacial score (nSPS) is 22.8. The number of hydrogen-bond donors (Lipinski definition) is 3. The number of anilines is 1. The molecule has 6 nitrogen and oxygen atoms in total. The highest BCUT2D eigenvalue weighted by molar-refractivity contribution is 7.90. The number of rotatable bonds is 3. The number of phenols is 1. The number of sulfone groups is 1. The summed E-state index contributed by atoms with van der Waals surface area (Å²) >= 11 is 0. The van der Waals surface area contributed by atoms with Crippen LogP contribution in [0, 0.1) is 5.92 Å². The number of phenolic OH excluding ortho intramolecular Hbond substituents is 1. The van der Waals surface area contributed by atoms with E-state index >= 15 is 0 Å². The zero-order valence-electron chi connectivity index (χ0n) is 12.1. The van der Waals surface area contributed by atoms with Crippen LogP contribution in [0.15, 0.2) is 23.1 Å². The van der Waals surface area contributed by atoms with Crippen molar-refractivity contribution in [2.75, 3.05) is 18.1 Å². The van der Waals surface area contributed by atoms with Gasteiger partial charge in [0.05, 0.1) is 16.6 Å². The molecule has 116 valence electrons. The van der Waals surface area contributed by atoms with E-state index in [1.165, 1.54) is 18.2 Å². The minimum Gasteiger partial charge on any atom is -0.506 e. The molecule has 1 amide bonds. The van der Waals surface area contributed by atoms with Crippen molar-refractivity contribution in [2.45, 2.75) is 30.7 Å². The van der Waals surface area contributed by atoms with Gasteiger partial charge in [0.25, 0.3) is 0 Å². The van der Waals surface area contributed by atoms with Gasteiger partial charge in [-0.3, -0.25) is 4.79 Å². The predicted molar refractivity (Wildman–Crippen MR) is 80.0 cm³/mol. The molecular weight excluding hydrogens is 292 g/mol. The molecule has 0 aliphatic carbocycles. The third-order valence-corrected chi connectivity index (χ3v) is 4.82. The van der Waals surface area contributed by atoms with Crippen molar-refractivity contribution < 1.29 is 18.3 Å². The van der Waals surface area contributed by atoms with Crippen molar-refractivity contribution in [1.29, 1.82) is 0 Å². The summed E-state index contributed by atoms with van der Waals surface area (Å²) in [5.74, 6) is -0.221. The van der Waals surface area contributed by atoms with Gasteiger partial charge in [0.1, 0.15) is 5.75 Å². The highest BCUT2D eigenvalue weighted by Crippen LogP contribution is 2.27. The molecule has 1 fully saturated rings. The first-order valence-corrected chi connectivity index (χ1v) is 8.75. The SMILES string of the molecule is CC1CCCNC1C(=O)Nc1cc(S(C)(=O)=O)ccc1O. The number of aromatic hydroxyl groups is 1. The van der Waals surface area contributed by atoms with Crippen LogP contribution in [0.2, 0.25) is 0 Å². The van der Waals surface area contributed by atoms with Crippen molar-refractivity contribution in [1.82, 2.24) is 5.32 Å². The Labute approximate surface area is 124 Å². The minimum atomic E-state index is -3.39. The molecule has 1 aromatic rings. The average Bonchev–Trinajstić information content (AvgIpc) is 2.40. The van der Waals surface area contributed by atoms with E-state index in [4.69, 9.17) is 0 Å². The molecule has 1 heterocycles. The second-order valence-electron chi connectivity index (χ2n) is 5.49. The molecule has 0 bridgehead atoms. The van der Waals surface area contributed by atoms with E-state index in [1.54, 1.807) is 0 Å². The second-order valence-corrected chi connectivity index (χ2v) is 7.51. The Morgan fingerprint density at radius 2 is 2.14 bits per heavy atom. The van der Waals surface area contributed by atoms with Crippen LogP contribution in [0.4, 0.5) is 5.69 Å². The summed E-state index contributed by atoms with van der Waals surface area (Å²) in [5, 5.41) is 15.5. The molecule has 2 unspecified atom stereocenters. The molecule has 1 aliphatic heterocycles. The summed E-state index contributed by atoms with van der Waals surface area (Å²) in [6.07, 6.45) is 3.07.